The SMILES string of the molecule is [C-]#[N+]c1cc(C#N)c(-n2c3ccccc3c3c4c(ccc32)oc2ccccc24)cc1-c1cc(-n2c3ccccc3c3ccccc32)ccc1C#N.[C-]#[N+]c1ccc(-n2c3ccccc3c3c4oc5ccccc5c4ccc32)cc1-c1cc(-n2c3ccccc3c3ccccc32)cc(C#N)c1C#N. The molecule has 12 heteroatoms. The Hall–Kier alpha value is -15.2. The minimum absolute atomic E-state index is 0.232. The van der Waals surface area contributed by atoms with Crippen LogP contribution in [0, 0.1) is 58.5 Å². The molecule has 20 rings (SSSR count). The first-order chi connectivity index (χ1) is 50.4. The van der Waals surface area contributed by atoms with Gasteiger partial charge in [-0.05, 0) is 150 Å². The zero-order valence-corrected chi connectivity index (χ0v) is 53.8. The molecule has 6 aromatic heterocycles. The molecule has 0 spiro atoms. The van der Waals surface area contributed by atoms with Crippen LogP contribution in [0.1, 0.15) is 22.3 Å². The molecule has 0 saturated heterocycles. The Morgan fingerprint density at radius 3 is 1.31 bits per heavy atom. The molecule has 0 aliphatic rings. The van der Waals surface area contributed by atoms with E-state index in [1.54, 1.807) is 18.2 Å². The lowest BCUT2D eigenvalue weighted by molar-refractivity contribution is 0.669. The first-order valence-corrected chi connectivity index (χ1v) is 33.0. The molecular formula is C90H46N10O2. The highest BCUT2D eigenvalue weighted by molar-refractivity contribution is 6.28. The summed E-state index contributed by atoms with van der Waals surface area (Å²) in [5.41, 5.74) is 18.4. The normalized spacial score (nSPS) is 11.5. The highest BCUT2D eigenvalue weighted by atomic mass is 16.3. The van der Waals surface area contributed by atoms with Crippen LogP contribution in [0.3, 0.4) is 0 Å². The zero-order valence-electron chi connectivity index (χ0n) is 53.8. The topological polar surface area (TPSA) is 150 Å². The summed E-state index contributed by atoms with van der Waals surface area (Å²) in [5, 5.41) is 54.6. The van der Waals surface area contributed by atoms with E-state index in [9.17, 15) is 21.0 Å². The molecule has 468 valence electrons. The van der Waals surface area contributed by atoms with E-state index in [0.29, 0.717) is 50.4 Å². The van der Waals surface area contributed by atoms with Gasteiger partial charge in [-0.1, -0.05) is 152 Å². The average Bonchev–Trinajstić information content (AvgIpc) is 1.56. The quantitative estimate of drug-likeness (QED) is 0.151. The van der Waals surface area contributed by atoms with Crippen LogP contribution >= 0.6 is 0 Å². The summed E-state index contributed by atoms with van der Waals surface area (Å²) < 4.78 is 21.4. The number of aromatic nitrogens is 4. The van der Waals surface area contributed by atoms with E-state index in [4.69, 9.17) is 22.0 Å². The number of nitrogens with zero attached hydrogens (tertiary/aromatic N) is 10. The number of fused-ring (bicyclic) bond motifs is 20. The Balaban J connectivity index is 0.000000141. The van der Waals surface area contributed by atoms with Crippen LogP contribution in [0.25, 0.3) is 186 Å². The summed E-state index contributed by atoms with van der Waals surface area (Å²) in [5.74, 6) is 0. The molecule has 0 fully saturated rings. The maximum atomic E-state index is 10.6. The highest BCUT2D eigenvalue weighted by Crippen LogP contribution is 2.47. The van der Waals surface area contributed by atoms with Crippen LogP contribution < -0.4 is 0 Å². The van der Waals surface area contributed by atoms with Gasteiger partial charge in [0, 0.05) is 76.3 Å². The largest absolute Gasteiger partial charge is 0.456 e. The van der Waals surface area contributed by atoms with Crippen LogP contribution in [0.5, 0.6) is 0 Å². The van der Waals surface area contributed by atoms with Crippen molar-refractivity contribution >= 4 is 142 Å². The van der Waals surface area contributed by atoms with E-state index >= 15 is 0 Å². The molecule has 0 aliphatic carbocycles. The molecular weight excluding hydrogens is 1250 g/mol. The van der Waals surface area contributed by atoms with Crippen molar-refractivity contribution in [1.29, 1.82) is 21.0 Å². The van der Waals surface area contributed by atoms with Crippen molar-refractivity contribution in [3.05, 3.63) is 324 Å². The number of hydrogen-bond donors (Lipinski definition) is 0. The van der Waals surface area contributed by atoms with Crippen LogP contribution in [0.2, 0.25) is 0 Å². The van der Waals surface area contributed by atoms with Gasteiger partial charge in [0.15, 0.2) is 11.4 Å². The molecule has 0 saturated carbocycles. The average molecular weight is 1300 g/mol. The molecule has 0 aliphatic heterocycles. The van der Waals surface area contributed by atoms with Gasteiger partial charge in [-0.3, -0.25) is 0 Å². The second kappa shape index (κ2) is 22.7. The summed E-state index contributed by atoms with van der Waals surface area (Å²) >= 11 is 0. The van der Waals surface area contributed by atoms with Crippen molar-refractivity contribution in [1.82, 2.24) is 18.3 Å². The third-order valence-electron chi connectivity index (χ3n) is 20.0. The van der Waals surface area contributed by atoms with Gasteiger partial charge < -0.3 is 27.1 Å². The first kappa shape index (κ1) is 58.2. The zero-order chi connectivity index (χ0) is 68.4. The fraction of sp³-hybridized carbons (Fsp3) is 0. The number of furan rings is 2. The van der Waals surface area contributed by atoms with E-state index < -0.39 is 0 Å². The summed E-state index contributed by atoms with van der Waals surface area (Å²) in [4.78, 5) is 7.81. The lowest BCUT2D eigenvalue weighted by atomic mass is 9.94. The second-order valence-corrected chi connectivity index (χ2v) is 25.2. The van der Waals surface area contributed by atoms with E-state index in [2.05, 4.69) is 149 Å². The van der Waals surface area contributed by atoms with Gasteiger partial charge in [0.25, 0.3) is 0 Å². The van der Waals surface area contributed by atoms with Gasteiger partial charge >= 0.3 is 0 Å². The molecule has 6 heterocycles. The van der Waals surface area contributed by atoms with Crippen LogP contribution in [0.4, 0.5) is 11.4 Å². The Labute approximate surface area is 580 Å². The Morgan fingerprint density at radius 1 is 0.275 bits per heavy atom. The van der Waals surface area contributed by atoms with Crippen LogP contribution in [-0.2, 0) is 0 Å². The maximum absolute atomic E-state index is 10.6. The van der Waals surface area contributed by atoms with Gasteiger partial charge in [-0.15, -0.1) is 0 Å². The predicted molar refractivity (Wildman–Crippen MR) is 407 cm³/mol. The third-order valence-corrected chi connectivity index (χ3v) is 20.0. The molecule has 20 aromatic rings. The fourth-order valence-corrected chi connectivity index (χ4v) is 15.8. The van der Waals surface area contributed by atoms with Crippen LogP contribution in [-0.4, -0.2) is 18.3 Å². The van der Waals surface area contributed by atoms with Gasteiger partial charge in [0.05, 0.1) is 103 Å². The number of hydrogen-bond acceptors (Lipinski definition) is 6. The standard InChI is InChI=1S/2C45H23N5O/c1-48-38-20-18-28(49-41-16-8-4-13-34(41)44-42(49)21-19-33-32-12-5-9-17-43(32)51-45(33)44)23-36(38)35-24-29(22-27(25-46)37(35)26-47)50-39-14-6-2-10-30(39)31-11-3-7-15-40(31)50;1-48-36-22-28(26-47)41(50-39-16-8-4-12-32(39)44-40(50)20-21-43-45(44)33-13-5-9-17-42(33)51-43)24-35(36)34-23-29(19-18-27(34)25-46)49-37-14-6-2-10-30(37)31-11-3-7-15-38(31)49/h2*2-24H. The second-order valence-electron chi connectivity index (χ2n) is 25.2. The molecule has 0 N–H and O–H groups in total. The molecule has 102 heavy (non-hydrogen) atoms. The Bertz CT molecular complexity index is 7260. The van der Waals surface area contributed by atoms with Gasteiger partial charge in [0.1, 0.15) is 34.5 Å². The maximum Gasteiger partial charge on any atom is 0.196 e. The van der Waals surface area contributed by atoms with E-state index in [0.717, 1.165) is 148 Å². The van der Waals surface area contributed by atoms with E-state index in [1.807, 2.05) is 164 Å². The lowest BCUT2D eigenvalue weighted by Crippen LogP contribution is -2.00. The first-order valence-electron chi connectivity index (χ1n) is 33.0. The molecule has 0 atom stereocenters. The van der Waals surface area contributed by atoms with Crippen molar-refractivity contribution in [3.63, 3.8) is 0 Å². The lowest BCUT2D eigenvalue weighted by Gasteiger charge is -2.16. The fourth-order valence-electron chi connectivity index (χ4n) is 15.8. The van der Waals surface area contributed by atoms with Gasteiger partial charge in [0.2, 0.25) is 0 Å². The Kier molecular flexibility index (Phi) is 13.0. The smallest absolute Gasteiger partial charge is 0.196 e. The predicted octanol–water partition coefficient (Wildman–Crippen LogP) is 23.5. The summed E-state index contributed by atoms with van der Waals surface area (Å²) in [6, 6.07) is 102. The minimum Gasteiger partial charge on any atom is -0.456 e. The number of nitriles is 4. The molecule has 14 aromatic carbocycles. The number of para-hydroxylation sites is 8. The van der Waals surface area contributed by atoms with Gasteiger partial charge in [-0.25, -0.2) is 9.69 Å². The van der Waals surface area contributed by atoms with Crippen molar-refractivity contribution in [2.75, 3.05) is 0 Å². The monoisotopic (exact) mass is 1300 g/mol. The van der Waals surface area contributed by atoms with Crippen molar-refractivity contribution in [2.45, 2.75) is 0 Å². The molecule has 0 bridgehead atoms. The number of rotatable bonds is 6. The minimum atomic E-state index is 0.232. The third kappa shape index (κ3) is 8.50. The van der Waals surface area contributed by atoms with E-state index in [1.165, 1.54) is 0 Å². The van der Waals surface area contributed by atoms with Crippen molar-refractivity contribution in [3.8, 4) is 69.3 Å². The summed E-state index contributed by atoms with van der Waals surface area (Å²) in [6.45, 7) is 16.4. The molecule has 0 radical (unpaired) electrons. The number of benzene rings is 14. The molecule has 0 unspecified atom stereocenters. The summed E-state index contributed by atoms with van der Waals surface area (Å²) in [6.07, 6.45) is 0. The molecule has 12 nitrogen and oxygen atoms in total. The van der Waals surface area contributed by atoms with Crippen molar-refractivity contribution < 1.29 is 8.83 Å². The van der Waals surface area contributed by atoms with E-state index in [-0.39, 0.29) is 11.1 Å². The summed E-state index contributed by atoms with van der Waals surface area (Å²) in [7, 11) is 0. The Morgan fingerprint density at radius 2 is 0.725 bits per heavy atom. The molecule has 0 amide bonds. The van der Waals surface area contributed by atoms with Crippen molar-refractivity contribution in [2.24, 2.45) is 0 Å². The van der Waals surface area contributed by atoms with Crippen LogP contribution in [0.15, 0.2) is 288 Å². The van der Waals surface area contributed by atoms with Gasteiger partial charge in [-0.2, -0.15) is 21.0 Å². The highest BCUT2D eigenvalue weighted by Gasteiger charge is 2.26.